The molecule has 0 amide bonds. The quantitative estimate of drug-likeness (QED) is 0.803. The maximum Gasteiger partial charge on any atom is 0.101 e. The molecule has 3 nitrogen and oxygen atoms in total. The van der Waals surface area contributed by atoms with E-state index in [-0.39, 0.29) is 6.04 Å². The van der Waals surface area contributed by atoms with Crippen LogP contribution in [0.4, 0.5) is 11.4 Å². The molecule has 2 aromatic rings. The number of nitrogens with two attached hydrogens (primary N) is 1. The molecule has 0 aliphatic carbocycles. The predicted molar refractivity (Wildman–Crippen MR) is 81.2 cm³/mol. The third kappa shape index (κ3) is 3.07. The summed E-state index contributed by atoms with van der Waals surface area (Å²) in [4.78, 5) is 1.30. The third-order valence-corrected chi connectivity index (χ3v) is 4.01. The summed E-state index contributed by atoms with van der Waals surface area (Å²) in [7, 11) is 0. The van der Waals surface area contributed by atoms with Gasteiger partial charge in [0.1, 0.15) is 6.07 Å². The second kappa shape index (κ2) is 6.26. The minimum atomic E-state index is 0.251. The Labute approximate surface area is 117 Å². The Morgan fingerprint density at radius 2 is 2.21 bits per heavy atom. The number of nitrogens with one attached hydrogen (secondary N) is 1. The van der Waals surface area contributed by atoms with E-state index in [2.05, 4.69) is 35.8 Å². The van der Waals surface area contributed by atoms with Crippen LogP contribution in [0.25, 0.3) is 0 Å². The van der Waals surface area contributed by atoms with E-state index >= 15 is 0 Å². The van der Waals surface area contributed by atoms with Gasteiger partial charge in [-0.15, -0.1) is 11.3 Å². The lowest BCUT2D eigenvalue weighted by Gasteiger charge is -2.19. The zero-order valence-corrected chi connectivity index (χ0v) is 11.7. The molecule has 1 aromatic heterocycles. The minimum Gasteiger partial charge on any atom is -0.396 e. The van der Waals surface area contributed by atoms with Crippen molar-refractivity contribution in [2.45, 2.75) is 25.8 Å². The normalized spacial score (nSPS) is 11.8. The molecule has 4 heteroatoms. The summed E-state index contributed by atoms with van der Waals surface area (Å²) in [6.07, 6.45) is 2.13. The van der Waals surface area contributed by atoms with E-state index < -0.39 is 0 Å². The van der Waals surface area contributed by atoms with Gasteiger partial charge in [0.15, 0.2) is 0 Å². The molecule has 19 heavy (non-hydrogen) atoms. The van der Waals surface area contributed by atoms with E-state index in [0.29, 0.717) is 11.3 Å². The number of anilines is 2. The van der Waals surface area contributed by atoms with Crippen LogP contribution in [0.5, 0.6) is 0 Å². The standard InChI is InChI=1S/C15H17N3S/c1-2-5-12(14-8-4-9-19-14)18-13-7-3-6-11(10-16)15(13)17/h3-4,6-9,12,18H,2,5,17H2,1H3. The smallest absolute Gasteiger partial charge is 0.101 e. The van der Waals surface area contributed by atoms with Crippen molar-refractivity contribution in [1.29, 1.82) is 5.26 Å². The Bertz CT molecular complexity index is 570. The van der Waals surface area contributed by atoms with Crippen LogP contribution in [0.2, 0.25) is 0 Å². The number of hydrogen-bond donors (Lipinski definition) is 2. The molecule has 1 aromatic carbocycles. The van der Waals surface area contributed by atoms with Crippen molar-refractivity contribution in [2.24, 2.45) is 0 Å². The number of nitrogens with zero attached hydrogens (tertiary/aromatic N) is 1. The predicted octanol–water partition coefficient (Wildman–Crippen LogP) is 4.16. The summed E-state index contributed by atoms with van der Waals surface area (Å²) < 4.78 is 0. The first-order chi connectivity index (χ1) is 9.26. The Hall–Kier alpha value is -1.99. The topological polar surface area (TPSA) is 61.8 Å². The van der Waals surface area contributed by atoms with Crippen molar-refractivity contribution < 1.29 is 0 Å². The van der Waals surface area contributed by atoms with Gasteiger partial charge in [-0.2, -0.15) is 5.26 Å². The lowest BCUT2D eigenvalue weighted by atomic mass is 10.1. The fourth-order valence-electron chi connectivity index (χ4n) is 2.04. The Kier molecular flexibility index (Phi) is 4.43. The Morgan fingerprint density at radius 3 is 2.84 bits per heavy atom. The first kappa shape index (κ1) is 13.4. The lowest BCUT2D eigenvalue weighted by Crippen LogP contribution is -2.11. The number of para-hydroxylation sites is 1. The molecule has 0 bridgehead atoms. The number of benzene rings is 1. The summed E-state index contributed by atoms with van der Waals surface area (Å²) in [6.45, 7) is 2.16. The Balaban J connectivity index is 2.25. The van der Waals surface area contributed by atoms with Crippen LogP contribution < -0.4 is 11.1 Å². The van der Waals surface area contributed by atoms with Gasteiger partial charge >= 0.3 is 0 Å². The van der Waals surface area contributed by atoms with Crippen LogP contribution in [0.3, 0.4) is 0 Å². The number of nitrogen functional groups attached to an aromatic ring is 1. The third-order valence-electron chi connectivity index (χ3n) is 3.02. The molecule has 1 heterocycles. The first-order valence-corrected chi connectivity index (χ1v) is 7.22. The molecular weight excluding hydrogens is 254 g/mol. The molecular formula is C15H17N3S. The SMILES string of the molecule is CCCC(Nc1cccc(C#N)c1N)c1cccs1. The van der Waals surface area contributed by atoms with Gasteiger partial charge in [-0.05, 0) is 30.0 Å². The summed E-state index contributed by atoms with van der Waals surface area (Å²) in [5, 5.41) is 14.5. The van der Waals surface area contributed by atoms with Gasteiger partial charge < -0.3 is 11.1 Å². The molecule has 0 aliphatic rings. The van der Waals surface area contributed by atoms with Gasteiger partial charge in [-0.1, -0.05) is 25.5 Å². The van der Waals surface area contributed by atoms with Crippen LogP contribution in [0, 0.1) is 11.3 Å². The first-order valence-electron chi connectivity index (χ1n) is 6.34. The van der Waals surface area contributed by atoms with Gasteiger partial charge in [0, 0.05) is 4.88 Å². The molecule has 0 fully saturated rings. The van der Waals surface area contributed by atoms with E-state index in [1.54, 1.807) is 17.4 Å². The molecule has 0 spiro atoms. The fourth-order valence-corrected chi connectivity index (χ4v) is 2.85. The molecule has 0 aliphatic heterocycles. The molecule has 1 unspecified atom stereocenters. The van der Waals surface area contributed by atoms with Gasteiger partial charge in [0.25, 0.3) is 0 Å². The Morgan fingerprint density at radius 1 is 1.37 bits per heavy atom. The molecule has 0 saturated heterocycles. The number of rotatable bonds is 5. The van der Waals surface area contributed by atoms with E-state index in [4.69, 9.17) is 11.0 Å². The van der Waals surface area contributed by atoms with Crippen molar-refractivity contribution in [2.75, 3.05) is 11.1 Å². The zero-order valence-electron chi connectivity index (χ0n) is 10.9. The number of hydrogen-bond acceptors (Lipinski definition) is 4. The number of thiophene rings is 1. The largest absolute Gasteiger partial charge is 0.396 e. The maximum absolute atomic E-state index is 9.01. The fraction of sp³-hybridized carbons (Fsp3) is 0.267. The zero-order chi connectivity index (χ0) is 13.7. The summed E-state index contributed by atoms with van der Waals surface area (Å²) in [6, 6.07) is 12.1. The van der Waals surface area contributed by atoms with E-state index in [0.717, 1.165) is 18.5 Å². The molecule has 0 saturated carbocycles. The summed E-state index contributed by atoms with van der Waals surface area (Å²) >= 11 is 1.74. The van der Waals surface area contributed by atoms with Crippen molar-refractivity contribution in [3.8, 4) is 6.07 Å². The summed E-state index contributed by atoms with van der Waals surface area (Å²) in [5.41, 5.74) is 7.90. The minimum absolute atomic E-state index is 0.251. The highest BCUT2D eigenvalue weighted by Gasteiger charge is 2.13. The van der Waals surface area contributed by atoms with Crippen LogP contribution in [-0.2, 0) is 0 Å². The number of nitriles is 1. The molecule has 3 N–H and O–H groups in total. The molecule has 1 atom stereocenters. The van der Waals surface area contributed by atoms with Gasteiger partial charge in [0.2, 0.25) is 0 Å². The second-order valence-electron chi connectivity index (χ2n) is 4.38. The highest BCUT2D eigenvalue weighted by molar-refractivity contribution is 7.10. The lowest BCUT2D eigenvalue weighted by molar-refractivity contribution is 0.688. The van der Waals surface area contributed by atoms with Crippen molar-refractivity contribution in [3.05, 3.63) is 46.2 Å². The molecule has 0 radical (unpaired) electrons. The van der Waals surface area contributed by atoms with E-state index in [1.165, 1.54) is 4.88 Å². The van der Waals surface area contributed by atoms with Crippen LogP contribution >= 0.6 is 11.3 Å². The van der Waals surface area contributed by atoms with Crippen LogP contribution in [0.1, 0.15) is 36.2 Å². The molecule has 98 valence electrons. The van der Waals surface area contributed by atoms with Crippen molar-refractivity contribution in [3.63, 3.8) is 0 Å². The second-order valence-corrected chi connectivity index (χ2v) is 5.36. The van der Waals surface area contributed by atoms with Gasteiger partial charge in [-0.3, -0.25) is 0 Å². The van der Waals surface area contributed by atoms with Gasteiger partial charge in [-0.25, -0.2) is 0 Å². The van der Waals surface area contributed by atoms with Gasteiger partial charge in [0.05, 0.1) is 23.0 Å². The van der Waals surface area contributed by atoms with E-state index in [9.17, 15) is 0 Å². The van der Waals surface area contributed by atoms with Crippen LogP contribution in [-0.4, -0.2) is 0 Å². The summed E-state index contributed by atoms with van der Waals surface area (Å²) in [5.74, 6) is 0. The maximum atomic E-state index is 9.01. The monoisotopic (exact) mass is 271 g/mol. The highest BCUT2D eigenvalue weighted by Crippen LogP contribution is 2.31. The average Bonchev–Trinajstić information content (AvgIpc) is 2.94. The van der Waals surface area contributed by atoms with Crippen molar-refractivity contribution in [1.82, 2.24) is 0 Å². The highest BCUT2D eigenvalue weighted by atomic mass is 32.1. The van der Waals surface area contributed by atoms with Crippen molar-refractivity contribution >= 4 is 22.7 Å². The van der Waals surface area contributed by atoms with Crippen LogP contribution in [0.15, 0.2) is 35.7 Å². The van der Waals surface area contributed by atoms with E-state index in [1.807, 2.05) is 12.1 Å². The average molecular weight is 271 g/mol. The molecule has 2 rings (SSSR count).